The lowest BCUT2D eigenvalue weighted by Crippen LogP contribution is -2.32. The molecule has 19 heavy (non-hydrogen) atoms. The van der Waals surface area contributed by atoms with Crippen LogP contribution < -0.4 is 10.6 Å². The summed E-state index contributed by atoms with van der Waals surface area (Å²) in [4.78, 5) is 15.1. The van der Waals surface area contributed by atoms with Crippen molar-refractivity contribution in [1.82, 2.24) is 10.3 Å². The van der Waals surface area contributed by atoms with Crippen LogP contribution in [0.25, 0.3) is 0 Å². The van der Waals surface area contributed by atoms with Crippen molar-refractivity contribution in [2.75, 3.05) is 18.4 Å². The summed E-state index contributed by atoms with van der Waals surface area (Å²) in [5.74, 6) is 0.0538. The van der Waals surface area contributed by atoms with Crippen LogP contribution in [0.1, 0.15) is 19.4 Å². The third-order valence-corrected chi connectivity index (χ3v) is 2.22. The van der Waals surface area contributed by atoms with E-state index < -0.39 is 11.7 Å². The van der Waals surface area contributed by atoms with Gasteiger partial charge in [0.2, 0.25) is 5.91 Å². The van der Waals surface area contributed by atoms with E-state index in [0.717, 1.165) is 18.3 Å². The van der Waals surface area contributed by atoms with E-state index in [4.69, 9.17) is 0 Å². The van der Waals surface area contributed by atoms with Gasteiger partial charge in [0.1, 0.15) is 5.82 Å². The van der Waals surface area contributed by atoms with Gasteiger partial charge in [-0.15, -0.1) is 0 Å². The lowest BCUT2D eigenvalue weighted by atomic mass is 10.2. The van der Waals surface area contributed by atoms with Gasteiger partial charge >= 0.3 is 6.18 Å². The van der Waals surface area contributed by atoms with Crippen LogP contribution in [0.2, 0.25) is 0 Å². The zero-order valence-electron chi connectivity index (χ0n) is 10.7. The largest absolute Gasteiger partial charge is 0.416 e. The van der Waals surface area contributed by atoms with Crippen LogP contribution in [0, 0.1) is 5.92 Å². The second kappa shape index (κ2) is 6.40. The predicted octanol–water partition coefficient (Wildman–Crippen LogP) is 2.28. The van der Waals surface area contributed by atoms with E-state index in [1.165, 1.54) is 0 Å². The summed E-state index contributed by atoms with van der Waals surface area (Å²) in [5, 5.41) is 5.20. The lowest BCUT2D eigenvalue weighted by Gasteiger charge is -2.10. The molecule has 1 heterocycles. The van der Waals surface area contributed by atoms with Crippen LogP contribution in [0.5, 0.6) is 0 Å². The van der Waals surface area contributed by atoms with Crippen molar-refractivity contribution < 1.29 is 18.0 Å². The third kappa shape index (κ3) is 5.58. The van der Waals surface area contributed by atoms with Crippen LogP contribution in [0.4, 0.5) is 19.0 Å². The number of rotatable bonds is 5. The first kappa shape index (κ1) is 15.3. The Morgan fingerprint density at radius 3 is 2.68 bits per heavy atom. The first-order valence-corrected chi connectivity index (χ1v) is 5.83. The molecule has 0 aliphatic heterocycles. The van der Waals surface area contributed by atoms with E-state index in [1.54, 1.807) is 0 Å². The number of halogens is 3. The molecule has 1 rings (SSSR count). The lowest BCUT2D eigenvalue weighted by molar-refractivity contribution is -0.137. The van der Waals surface area contributed by atoms with Gasteiger partial charge in [-0.25, -0.2) is 4.98 Å². The molecular formula is C12H16F3N3O. The Morgan fingerprint density at radius 1 is 1.42 bits per heavy atom. The Balaban J connectivity index is 2.52. The highest BCUT2D eigenvalue weighted by Gasteiger charge is 2.30. The van der Waals surface area contributed by atoms with E-state index in [9.17, 15) is 18.0 Å². The minimum atomic E-state index is -4.42. The molecule has 0 aliphatic carbocycles. The number of amides is 1. The van der Waals surface area contributed by atoms with E-state index in [0.29, 0.717) is 12.5 Å². The fourth-order valence-corrected chi connectivity index (χ4v) is 1.25. The average molecular weight is 275 g/mol. The molecule has 0 aromatic carbocycles. The molecule has 7 heteroatoms. The third-order valence-electron chi connectivity index (χ3n) is 2.22. The van der Waals surface area contributed by atoms with Crippen LogP contribution in [0.3, 0.4) is 0 Å². The summed E-state index contributed by atoms with van der Waals surface area (Å²) < 4.78 is 37.3. The molecule has 0 fully saturated rings. The van der Waals surface area contributed by atoms with Gasteiger partial charge in [0, 0.05) is 12.7 Å². The van der Waals surface area contributed by atoms with Gasteiger partial charge in [0.15, 0.2) is 0 Å². The van der Waals surface area contributed by atoms with Gasteiger partial charge in [-0.2, -0.15) is 13.2 Å². The molecule has 0 unspecified atom stereocenters. The second-order valence-corrected chi connectivity index (χ2v) is 4.48. The van der Waals surface area contributed by atoms with Gasteiger partial charge in [-0.3, -0.25) is 4.79 Å². The minimum absolute atomic E-state index is 0.0227. The molecule has 4 nitrogen and oxygen atoms in total. The summed E-state index contributed by atoms with van der Waals surface area (Å²) in [6.07, 6.45) is -3.36. The van der Waals surface area contributed by atoms with Crippen molar-refractivity contribution in [3.05, 3.63) is 23.9 Å². The van der Waals surface area contributed by atoms with E-state index >= 15 is 0 Å². The Hall–Kier alpha value is -1.79. The highest BCUT2D eigenvalue weighted by atomic mass is 19.4. The monoisotopic (exact) mass is 275 g/mol. The van der Waals surface area contributed by atoms with Gasteiger partial charge in [0.05, 0.1) is 12.1 Å². The van der Waals surface area contributed by atoms with E-state index in [1.807, 2.05) is 13.8 Å². The molecule has 0 atom stereocenters. The number of carbonyl (C=O) groups excluding carboxylic acids is 1. The van der Waals surface area contributed by atoms with Gasteiger partial charge in [-0.05, 0) is 18.1 Å². The molecule has 2 N–H and O–H groups in total. The molecule has 0 saturated carbocycles. The molecule has 1 amide bonds. The summed E-state index contributed by atoms with van der Waals surface area (Å²) in [6.45, 7) is 4.31. The summed E-state index contributed by atoms with van der Waals surface area (Å²) in [6, 6.07) is 1.75. The fourth-order valence-electron chi connectivity index (χ4n) is 1.25. The first-order chi connectivity index (χ1) is 8.79. The van der Waals surface area contributed by atoms with Crippen molar-refractivity contribution >= 4 is 11.7 Å². The fraction of sp³-hybridized carbons (Fsp3) is 0.500. The second-order valence-electron chi connectivity index (χ2n) is 4.48. The number of nitrogens with zero attached hydrogens (tertiary/aromatic N) is 1. The molecule has 106 valence electrons. The molecule has 1 aromatic heterocycles. The highest BCUT2D eigenvalue weighted by Crippen LogP contribution is 2.29. The first-order valence-electron chi connectivity index (χ1n) is 5.83. The number of anilines is 1. The zero-order chi connectivity index (χ0) is 14.5. The average Bonchev–Trinajstić information content (AvgIpc) is 2.33. The maximum Gasteiger partial charge on any atom is 0.416 e. The Labute approximate surface area is 109 Å². The van der Waals surface area contributed by atoms with Crippen molar-refractivity contribution in [1.29, 1.82) is 0 Å². The van der Waals surface area contributed by atoms with Gasteiger partial charge in [0.25, 0.3) is 0 Å². The number of carbonyl (C=O) groups is 1. The predicted molar refractivity (Wildman–Crippen MR) is 65.6 cm³/mol. The zero-order valence-corrected chi connectivity index (χ0v) is 10.7. The van der Waals surface area contributed by atoms with E-state index in [2.05, 4.69) is 15.6 Å². The molecule has 0 bridgehead atoms. The minimum Gasteiger partial charge on any atom is -0.361 e. The van der Waals surface area contributed by atoms with Crippen molar-refractivity contribution in [3.8, 4) is 0 Å². The van der Waals surface area contributed by atoms with Crippen LogP contribution >= 0.6 is 0 Å². The van der Waals surface area contributed by atoms with Gasteiger partial charge in [-0.1, -0.05) is 13.8 Å². The van der Waals surface area contributed by atoms with Gasteiger partial charge < -0.3 is 10.6 Å². The normalized spacial score (nSPS) is 11.5. The Morgan fingerprint density at radius 2 is 2.11 bits per heavy atom. The number of alkyl halides is 3. The summed E-state index contributed by atoms with van der Waals surface area (Å²) >= 11 is 0. The molecule has 0 radical (unpaired) electrons. The molecule has 0 aliphatic rings. The molecular weight excluding hydrogens is 259 g/mol. The maximum absolute atomic E-state index is 12.4. The number of nitrogens with one attached hydrogen (secondary N) is 2. The molecule has 1 aromatic rings. The number of hydrogen-bond acceptors (Lipinski definition) is 3. The summed E-state index contributed by atoms with van der Waals surface area (Å²) in [5.41, 5.74) is -0.799. The van der Waals surface area contributed by atoms with Crippen LogP contribution in [-0.4, -0.2) is 24.0 Å². The van der Waals surface area contributed by atoms with E-state index in [-0.39, 0.29) is 18.3 Å². The SMILES string of the molecule is CC(C)CNC(=O)CNc1cc(C(F)(F)F)ccn1. The summed E-state index contributed by atoms with van der Waals surface area (Å²) in [7, 11) is 0. The number of pyridine rings is 1. The van der Waals surface area contributed by atoms with Crippen LogP contribution in [-0.2, 0) is 11.0 Å². The maximum atomic E-state index is 12.4. The Kier molecular flexibility index (Phi) is 5.14. The quantitative estimate of drug-likeness (QED) is 0.867. The number of aromatic nitrogens is 1. The molecule has 0 saturated heterocycles. The smallest absolute Gasteiger partial charge is 0.361 e. The van der Waals surface area contributed by atoms with Crippen molar-refractivity contribution in [2.24, 2.45) is 5.92 Å². The number of hydrogen-bond donors (Lipinski definition) is 2. The molecule has 0 spiro atoms. The standard InChI is InChI=1S/C12H16F3N3O/c1-8(2)6-18-11(19)7-17-10-5-9(3-4-16-10)12(13,14)15/h3-5,8H,6-7H2,1-2H3,(H,16,17)(H,18,19). The topological polar surface area (TPSA) is 54.0 Å². The Bertz CT molecular complexity index is 432. The van der Waals surface area contributed by atoms with Crippen molar-refractivity contribution in [3.63, 3.8) is 0 Å². The van der Waals surface area contributed by atoms with Crippen LogP contribution in [0.15, 0.2) is 18.3 Å². The van der Waals surface area contributed by atoms with Crippen molar-refractivity contribution in [2.45, 2.75) is 20.0 Å². The highest BCUT2D eigenvalue weighted by molar-refractivity contribution is 5.80.